The van der Waals surface area contributed by atoms with Gasteiger partial charge in [0, 0.05) is 36.6 Å². The lowest BCUT2D eigenvalue weighted by Crippen LogP contribution is -2.60. The Bertz CT molecular complexity index is 1780. The van der Waals surface area contributed by atoms with Crippen LogP contribution in [-0.4, -0.2) is 95.9 Å². The highest BCUT2D eigenvalue weighted by molar-refractivity contribution is 6.07. The maximum atomic E-state index is 13.8. The second-order valence-corrected chi connectivity index (χ2v) is 10.8. The van der Waals surface area contributed by atoms with Crippen molar-refractivity contribution in [3.8, 4) is 0 Å². The smallest absolute Gasteiger partial charge is 0.335 e. The fourth-order valence-corrected chi connectivity index (χ4v) is 5.08. The summed E-state index contributed by atoms with van der Waals surface area (Å²) in [7, 11) is 1.85. The van der Waals surface area contributed by atoms with Gasteiger partial charge in [0.25, 0.3) is 5.91 Å². The molecule has 1 fully saturated rings. The Morgan fingerprint density at radius 2 is 1.79 bits per heavy atom. The number of aliphatic carboxylic acids is 1. The molecule has 16 heteroatoms. The second kappa shape index (κ2) is 13.9. The molecule has 1 aliphatic rings. The number of amidine groups is 1. The van der Waals surface area contributed by atoms with Crippen LogP contribution in [0.1, 0.15) is 28.2 Å². The topological polar surface area (TPSA) is 246 Å². The Labute approximate surface area is 267 Å². The molecular formula is C31H33N7O9. The maximum absolute atomic E-state index is 13.8. The number of hydrogen-bond donors (Lipinski definition) is 7. The number of ether oxygens (including phenoxy) is 2. The number of imidazole rings is 1. The number of aliphatic hydroxyl groups is 3. The van der Waals surface area contributed by atoms with E-state index in [9.17, 15) is 29.7 Å². The molecule has 16 nitrogen and oxygen atoms in total. The zero-order valence-corrected chi connectivity index (χ0v) is 25.1. The molecule has 2 aromatic heterocycles. The minimum atomic E-state index is -2.01. The second-order valence-electron chi connectivity index (χ2n) is 10.8. The van der Waals surface area contributed by atoms with Crippen molar-refractivity contribution < 1.29 is 44.3 Å². The van der Waals surface area contributed by atoms with E-state index < -0.39 is 55.0 Å². The lowest BCUT2D eigenvalue weighted by atomic mass is 9.99. The minimum absolute atomic E-state index is 0.0222. The molecule has 0 saturated carbocycles. The van der Waals surface area contributed by atoms with Gasteiger partial charge >= 0.3 is 11.9 Å². The number of nitrogen functional groups attached to an aromatic ring is 1. The summed E-state index contributed by atoms with van der Waals surface area (Å²) in [6, 6.07) is 17.0. The van der Waals surface area contributed by atoms with Gasteiger partial charge in [0.2, 0.25) is 0 Å². The molecule has 8 N–H and O–H groups in total. The Balaban J connectivity index is 1.29. The van der Waals surface area contributed by atoms with E-state index in [-0.39, 0.29) is 23.8 Å². The van der Waals surface area contributed by atoms with Crippen LogP contribution < -0.4 is 16.0 Å². The lowest BCUT2D eigenvalue weighted by molar-refractivity contribution is -0.284. The molecule has 5 atom stereocenters. The molecule has 1 aliphatic heterocycles. The quantitative estimate of drug-likeness (QED) is 0.0660. The van der Waals surface area contributed by atoms with E-state index in [0.29, 0.717) is 23.4 Å². The zero-order chi connectivity index (χ0) is 33.8. The highest BCUT2D eigenvalue weighted by Gasteiger charge is 2.49. The van der Waals surface area contributed by atoms with Crippen LogP contribution in [0.25, 0.3) is 11.0 Å². The van der Waals surface area contributed by atoms with Gasteiger partial charge in [-0.1, -0.05) is 6.07 Å². The molecule has 1 amide bonds. The van der Waals surface area contributed by atoms with Crippen molar-refractivity contribution in [3.63, 3.8) is 0 Å². The summed E-state index contributed by atoms with van der Waals surface area (Å²) in [6.45, 7) is 0.159. The largest absolute Gasteiger partial charge is 0.479 e. The molecule has 2 aromatic carbocycles. The van der Waals surface area contributed by atoms with Crippen molar-refractivity contribution in [2.75, 3.05) is 16.8 Å². The third-order valence-electron chi connectivity index (χ3n) is 7.65. The first-order valence-electron chi connectivity index (χ1n) is 14.4. The lowest BCUT2D eigenvalue weighted by Gasteiger charge is -2.38. The number of carboxylic acids is 1. The number of rotatable bonds is 11. The molecule has 3 heterocycles. The standard InChI is InChI=1S/C31H33N7O9/c1-37-20-10-7-17(14-19(20)36-22(37)15-35-18-8-5-16(6-9-18)28(32)33)29(42)38(21-4-2-3-12-34-21)13-11-23(39)46-27-25(41)24(40)26(30(43)44)47-31(27)45/h2-10,12,14,24-27,31,35,40-41,45H,11,13,15H2,1H3,(H3,32,33)(H,43,44). The number of pyridine rings is 1. The summed E-state index contributed by atoms with van der Waals surface area (Å²) in [5, 5.41) is 50.3. The molecule has 5 unspecified atom stereocenters. The van der Waals surface area contributed by atoms with Gasteiger partial charge in [-0.05, 0) is 54.6 Å². The zero-order valence-electron chi connectivity index (χ0n) is 25.1. The number of carbonyl (C=O) groups is 3. The van der Waals surface area contributed by atoms with Crippen LogP contribution in [0.15, 0.2) is 66.9 Å². The van der Waals surface area contributed by atoms with Gasteiger partial charge in [-0.2, -0.15) is 0 Å². The summed E-state index contributed by atoms with van der Waals surface area (Å²) in [4.78, 5) is 47.9. The molecule has 0 bridgehead atoms. The Hall–Kier alpha value is -5.42. The summed E-state index contributed by atoms with van der Waals surface area (Å²) >= 11 is 0. The predicted octanol–water partition coefficient (Wildman–Crippen LogP) is 0.337. The third-order valence-corrected chi connectivity index (χ3v) is 7.65. The number of aryl methyl sites for hydroxylation is 1. The number of esters is 1. The van der Waals surface area contributed by atoms with Gasteiger partial charge in [0.15, 0.2) is 18.5 Å². The number of hydrogen-bond acceptors (Lipinski definition) is 12. The highest BCUT2D eigenvalue weighted by atomic mass is 16.7. The number of aromatic nitrogens is 3. The monoisotopic (exact) mass is 647 g/mol. The summed E-state index contributed by atoms with van der Waals surface area (Å²) in [5.41, 5.74) is 8.54. The van der Waals surface area contributed by atoms with Crippen molar-refractivity contribution >= 4 is 46.2 Å². The predicted molar refractivity (Wildman–Crippen MR) is 166 cm³/mol. The van der Waals surface area contributed by atoms with E-state index in [1.165, 1.54) is 11.1 Å². The summed E-state index contributed by atoms with van der Waals surface area (Å²) in [6.07, 6.45) is -8.51. The average molecular weight is 648 g/mol. The Morgan fingerprint density at radius 3 is 2.45 bits per heavy atom. The Kier molecular flexibility index (Phi) is 9.76. The van der Waals surface area contributed by atoms with Crippen LogP contribution in [0.2, 0.25) is 0 Å². The van der Waals surface area contributed by atoms with E-state index in [1.54, 1.807) is 48.5 Å². The van der Waals surface area contributed by atoms with Crippen molar-refractivity contribution in [3.05, 3.63) is 83.8 Å². The van der Waals surface area contributed by atoms with Crippen LogP contribution >= 0.6 is 0 Å². The Morgan fingerprint density at radius 1 is 1.06 bits per heavy atom. The number of carboxylic acid groups (broad SMARTS) is 1. The number of benzene rings is 2. The molecule has 47 heavy (non-hydrogen) atoms. The minimum Gasteiger partial charge on any atom is -0.479 e. The molecule has 4 aromatic rings. The number of carbonyl (C=O) groups excluding carboxylic acids is 2. The number of nitrogens with zero attached hydrogens (tertiary/aromatic N) is 4. The van der Waals surface area contributed by atoms with E-state index in [2.05, 4.69) is 10.3 Å². The molecule has 246 valence electrons. The molecular weight excluding hydrogens is 614 g/mol. The first kappa shape index (κ1) is 33.0. The number of anilines is 2. The fraction of sp³-hybridized carbons (Fsp3) is 0.290. The van der Waals surface area contributed by atoms with Gasteiger partial charge in [-0.15, -0.1) is 0 Å². The van der Waals surface area contributed by atoms with Crippen molar-refractivity contribution in [2.45, 2.75) is 43.7 Å². The maximum Gasteiger partial charge on any atom is 0.335 e. The van der Waals surface area contributed by atoms with E-state index >= 15 is 0 Å². The fourth-order valence-electron chi connectivity index (χ4n) is 5.08. The van der Waals surface area contributed by atoms with Gasteiger partial charge < -0.3 is 45.5 Å². The van der Waals surface area contributed by atoms with Crippen LogP contribution in [0.3, 0.4) is 0 Å². The van der Waals surface area contributed by atoms with Crippen molar-refractivity contribution in [1.82, 2.24) is 14.5 Å². The van der Waals surface area contributed by atoms with Gasteiger partial charge in [-0.3, -0.25) is 19.9 Å². The van der Waals surface area contributed by atoms with Gasteiger partial charge in [0.05, 0.1) is 24.0 Å². The van der Waals surface area contributed by atoms with Crippen molar-refractivity contribution in [2.24, 2.45) is 12.8 Å². The molecule has 1 saturated heterocycles. The van der Waals surface area contributed by atoms with Crippen molar-refractivity contribution in [1.29, 1.82) is 5.41 Å². The number of amides is 1. The van der Waals surface area contributed by atoms with E-state index in [0.717, 1.165) is 11.2 Å². The van der Waals surface area contributed by atoms with Crippen LogP contribution in [0.5, 0.6) is 0 Å². The number of nitrogens with one attached hydrogen (secondary N) is 2. The summed E-state index contributed by atoms with van der Waals surface area (Å²) in [5.74, 6) is -2.15. The number of nitrogens with two attached hydrogens (primary N) is 1. The summed E-state index contributed by atoms with van der Waals surface area (Å²) < 4.78 is 11.8. The highest BCUT2D eigenvalue weighted by Crippen LogP contribution is 2.24. The SMILES string of the molecule is Cn1c(CNc2ccc(C(=N)N)cc2)nc2cc(C(=O)N(CCC(=O)OC3C(O)OC(C(=O)O)C(O)C3O)c3ccccn3)ccc21. The van der Waals surface area contributed by atoms with Gasteiger partial charge in [-0.25, -0.2) is 14.8 Å². The van der Waals surface area contributed by atoms with Gasteiger partial charge in [0.1, 0.15) is 29.7 Å². The molecule has 0 spiro atoms. The van der Waals surface area contributed by atoms with Crippen LogP contribution in [0.4, 0.5) is 11.5 Å². The first-order chi connectivity index (χ1) is 22.4. The normalized spacial score (nSPS) is 20.8. The van der Waals surface area contributed by atoms with Crippen LogP contribution in [0, 0.1) is 5.41 Å². The average Bonchev–Trinajstić information content (AvgIpc) is 3.38. The van der Waals surface area contributed by atoms with E-state index in [4.69, 9.17) is 30.7 Å². The van der Waals surface area contributed by atoms with E-state index in [1.807, 2.05) is 23.7 Å². The molecule has 0 aliphatic carbocycles. The first-order valence-corrected chi connectivity index (χ1v) is 14.4. The van der Waals surface area contributed by atoms with Crippen LogP contribution in [-0.2, 0) is 32.7 Å². The molecule has 0 radical (unpaired) electrons. The molecule has 5 rings (SSSR count). The number of aliphatic hydroxyl groups excluding tert-OH is 3. The number of fused-ring (bicyclic) bond motifs is 1. The third kappa shape index (κ3) is 7.20.